The average molecular weight is 302 g/mol. The van der Waals surface area contributed by atoms with E-state index in [4.69, 9.17) is 9.84 Å². The number of aromatic amines is 1. The minimum Gasteiger partial charge on any atom is -0.481 e. The topological polar surface area (TPSA) is 82.6 Å². The van der Waals surface area contributed by atoms with Gasteiger partial charge >= 0.3 is 5.97 Å². The summed E-state index contributed by atoms with van der Waals surface area (Å²) in [6.45, 7) is 0.421. The van der Waals surface area contributed by atoms with Crippen LogP contribution in [0.4, 0.5) is 0 Å². The van der Waals surface area contributed by atoms with E-state index >= 15 is 0 Å². The number of benzene rings is 1. The lowest BCUT2D eigenvalue weighted by Gasteiger charge is -2.23. The molecular weight excluding hydrogens is 284 g/mol. The minimum absolute atomic E-state index is 0.0632. The SMILES string of the molecule is COC1CC(CC(=O)O)N(C(=O)c2cccc3cc[nH]c23)C1. The van der Waals surface area contributed by atoms with Gasteiger partial charge in [-0.25, -0.2) is 0 Å². The monoisotopic (exact) mass is 302 g/mol. The molecule has 116 valence electrons. The predicted octanol–water partition coefficient (Wildman–Crippen LogP) is 1.87. The number of hydrogen-bond acceptors (Lipinski definition) is 3. The van der Waals surface area contributed by atoms with Crippen LogP contribution in [0, 0.1) is 0 Å². The van der Waals surface area contributed by atoms with Crippen molar-refractivity contribution in [2.45, 2.75) is 25.0 Å². The molecule has 2 heterocycles. The van der Waals surface area contributed by atoms with Crippen molar-refractivity contribution in [3.05, 3.63) is 36.0 Å². The molecule has 22 heavy (non-hydrogen) atoms. The van der Waals surface area contributed by atoms with Crippen molar-refractivity contribution in [1.29, 1.82) is 0 Å². The zero-order valence-corrected chi connectivity index (χ0v) is 12.3. The number of para-hydroxylation sites is 1. The maximum Gasteiger partial charge on any atom is 0.305 e. The Bertz CT molecular complexity index is 709. The third-order valence-electron chi connectivity index (χ3n) is 4.20. The Hall–Kier alpha value is -2.34. The van der Waals surface area contributed by atoms with Crippen molar-refractivity contribution < 1.29 is 19.4 Å². The van der Waals surface area contributed by atoms with Crippen LogP contribution in [0.15, 0.2) is 30.5 Å². The van der Waals surface area contributed by atoms with E-state index in [0.29, 0.717) is 18.5 Å². The molecule has 2 aromatic rings. The lowest BCUT2D eigenvalue weighted by atomic mass is 10.1. The minimum atomic E-state index is -0.905. The van der Waals surface area contributed by atoms with Gasteiger partial charge in [0, 0.05) is 31.3 Å². The number of carbonyl (C=O) groups excluding carboxylic acids is 1. The number of ether oxygens (including phenoxy) is 1. The van der Waals surface area contributed by atoms with Crippen LogP contribution < -0.4 is 0 Å². The summed E-state index contributed by atoms with van der Waals surface area (Å²) in [6.07, 6.45) is 2.16. The number of rotatable bonds is 4. The molecule has 1 aromatic heterocycles. The number of methoxy groups -OCH3 is 1. The first-order chi connectivity index (χ1) is 10.6. The summed E-state index contributed by atoms with van der Waals surface area (Å²) in [7, 11) is 1.59. The highest BCUT2D eigenvalue weighted by Crippen LogP contribution is 2.27. The molecule has 0 bridgehead atoms. The van der Waals surface area contributed by atoms with Crippen LogP contribution in [0.25, 0.3) is 10.9 Å². The van der Waals surface area contributed by atoms with E-state index < -0.39 is 5.97 Å². The highest BCUT2D eigenvalue weighted by Gasteiger charge is 2.37. The first-order valence-corrected chi connectivity index (χ1v) is 7.22. The van der Waals surface area contributed by atoms with Gasteiger partial charge in [-0.3, -0.25) is 9.59 Å². The van der Waals surface area contributed by atoms with Crippen molar-refractivity contribution in [3.8, 4) is 0 Å². The van der Waals surface area contributed by atoms with Gasteiger partial charge in [0.15, 0.2) is 0 Å². The quantitative estimate of drug-likeness (QED) is 0.903. The summed E-state index contributed by atoms with van der Waals surface area (Å²) in [5, 5.41) is 10.0. The molecule has 0 saturated carbocycles. The van der Waals surface area contributed by atoms with Crippen LogP contribution in [-0.2, 0) is 9.53 Å². The molecular formula is C16H18N2O4. The van der Waals surface area contributed by atoms with Crippen molar-refractivity contribution >= 4 is 22.8 Å². The number of carboxylic acids is 1. The number of likely N-dealkylation sites (tertiary alicyclic amines) is 1. The Morgan fingerprint density at radius 1 is 1.41 bits per heavy atom. The van der Waals surface area contributed by atoms with Gasteiger partial charge in [0.2, 0.25) is 0 Å². The van der Waals surface area contributed by atoms with Crippen LogP contribution in [0.1, 0.15) is 23.2 Å². The molecule has 0 aliphatic carbocycles. The van der Waals surface area contributed by atoms with Crippen molar-refractivity contribution in [2.24, 2.45) is 0 Å². The number of aromatic nitrogens is 1. The summed E-state index contributed by atoms with van der Waals surface area (Å²) in [5.41, 5.74) is 1.34. The first-order valence-electron chi connectivity index (χ1n) is 7.22. The number of nitrogens with zero attached hydrogens (tertiary/aromatic N) is 1. The Labute approximate surface area is 127 Å². The number of aliphatic carboxylic acids is 1. The van der Waals surface area contributed by atoms with Gasteiger partial charge in [-0.05, 0) is 18.6 Å². The fourth-order valence-electron chi connectivity index (χ4n) is 3.11. The highest BCUT2D eigenvalue weighted by atomic mass is 16.5. The van der Waals surface area contributed by atoms with Gasteiger partial charge in [-0.1, -0.05) is 12.1 Å². The fraction of sp³-hybridized carbons (Fsp3) is 0.375. The number of carbonyl (C=O) groups is 2. The number of nitrogens with one attached hydrogen (secondary N) is 1. The zero-order valence-electron chi connectivity index (χ0n) is 12.3. The van der Waals surface area contributed by atoms with E-state index in [0.717, 1.165) is 10.9 Å². The molecule has 6 nitrogen and oxygen atoms in total. The molecule has 1 aromatic carbocycles. The Balaban J connectivity index is 1.92. The third kappa shape index (κ3) is 2.57. The van der Waals surface area contributed by atoms with Gasteiger partial charge in [0.05, 0.1) is 23.6 Å². The van der Waals surface area contributed by atoms with Crippen LogP contribution in [0.3, 0.4) is 0 Å². The van der Waals surface area contributed by atoms with E-state index in [9.17, 15) is 9.59 Å². The van der Waals surface area contributed by atoms with Gasteiger partial charge < -0.3 is 19.7 Å². The van der Waals surface area contributed by atoms with Crippen molar-refractivity contribution in [1.82, 2.24) is 9.88 Å². The van der Waals surface area contributed by atoms with E-state index in [2.05, 4.69) is 4.98 Å². The second kappa shape index (κ2) is 5.81. The van der Waals surface area contributed by atoms with E-state index in [1.165, 1.54) is 0 Å². The average Bonchev–Trinajstić information content (AvgIpc) is 3.11. The van der Waals surface area contributed by atoms with Gasteiger partial charge in [-0.2, -0.15) is 0 Å². The molecule has 1 amide bonds. The smallest absolute Gasteiger partial charge is 0.305 e. The lowest BCUT2D eigenvalue weighted by molar-refractivity contribution is -0.137. The number of H-pyrrole nitrogens is 1. The molecule has 2 unspecified atom stereocenters. The Morgan fingerprint density at radius 2 is 2.23 bits per heavy atom. The molecule has 1 aliphatic rings. The van der Waals surface area contributed by atoms with E-state index in [1.807, 2.05) is 18.2 Å². The molecule has 6 heteroatoms. The van der Waals surface area contributed by atoms with Crippen molar-refractivity contribution in [2.75, 3.05) is 13.7 Å². The first kappa shape index (κ1) is 14.6. The summed E-state index contributed by atoms with van der Waals surface area (Å²) in [4.78, 5) is 28.6. The maximum absolute atomic E-state index is 12.9. The van der Waals surface area contributed by atoms with Crippen LogP contribution in [0.2, 0.25) is 0 Å². The number of amides is 1. The summed E-state index contributed by atoms with van der Waals surface area (Å²) < 4.78 is 5.32. The standard InChI is InChI=1S/C16H18N2O4/c1-22-12-7-11(8-14(19)20)18(9-12)16(21)13-4-2-3-10-5-6-17-15(10)13/h2-6,11-12,17H,7-9H2,1H3,(H,19,20). The number of fused-ring (bicyclic) bond motifs is 1. The number of carboxylic acid groups (broad SMARTS) is 1. The molecule has 1 fully saturated rings. The van der Waals surface area contributed by atoms with Crippen LogP contribution >= 0.6 is 0 Å². The van der Waals surface area contributed by atoms with Gasteiger partial charge in [0.25, 0.3) is 5.91 Å². The third-order valence-corrected chi connectivity index (χ3v) is 4.20. The predicted molar refractivity (Wildman–Crippen MR) is 80.8 cm³/mol. The molecule has 2 atom stereocenters. The van der Waals surface area contributed by atoms with Crippen molar-refractivity contribution in [3.63, 3.8) is 0 Å². The largest absolute Gasteiger partial charge is 0.481 e. The summed E-state index contributed by atoms with van der Waals surface area (Å²) in [5.74, 6) is -1.06. The summed E-state index contributed by atoms with van der Waals surface area (Å²) >= 11 is 0. The Kier molecular flexibility index (Phi) is 3.85. The molecule has 1 aliphatic heterocycles. The molecule has 2 N–H and O–H groups in total. The van der Waals surface area contributed by atoms with E-state index in [1.54, 1.807) is 24.3 Å². The van der Waals surface area contributed by atoms with Crippen LogP contribution in [-0.4, -0.2) is 52.7 Å². The molecule has 0 spiro atoms. The van der Waals surface area contributed by atoms with Gasteiger partial charge in [-0.15, -0.1) is 0 Å². The van der Waals surface area contributed by atoms with Gasteiger partial charge in [0.1, 0.15) is 0 Å². The fourth-order valence-corrected chi connectivity index (χ4v) is 3.11. The molecule has 1 saturated heterocycles. The Morgan fingerprint density at radius 3 is 2.95 bits per heavy atom. The van der Waals surface area contributed by atoms with Crippen LogP contribution in [0.5, 0.6) is 0 Å². The zero-order chi connectivity index (χ0) is 15.7. The maximum atomic E-state index is 12.9. The summed E-state index contributed by atoms with van der Waals surface area (Å²) in [6, 6.07) is 7.10. The molecule has 0 radical (unpaired) electrons. The second-order valence-electron chi connectivity index (χ2n) is 5.55. The van der Waals surface area contributed by atoms with E-state index in [-0.39, 0.29) is 24.5 Å². The molecule has 3 rings (SSSR count). The normalized spacial score (nSPS) is 21.4. The highest BCUT2D eigenvalue weighted by molar-refractivity contribution is 6.06. The second-order valence-corrected chi connectivity index (χ2v) is 5.55. The lowest BCUT2D eigenvalue weighted by Crippen LogP contribution is -2.37. The number of hydrogen-bond donors (Lipinski definition) is 2.